The molecule has 1 atom stereocenters. The molecule has 0 amide bonds. The Labute approximate surface area is 105 Å². The summed E-state index contributed by atoms with van der Waals surface area (Å²) in [5, 5.41) is 0. The summed E-state index contributed by atoms with van der Waals surface area (Å²) in [6, 6.07) is 10.2. The van der Waals surface area contributed by atoms with Crippen LogP contribution in [0.2, 0.25) is 0 Å². The molecule has 0 aliphatic carbocycles. The van der Waals surface area contributed by atoms with E-state index in [2.05, 4.69) is 31.7 Å². The van der Waals surface area contributed by atoms with Gasteiger partial charge in [0.25, 0.3) is 0 Å². The Hall–Kier alpha value is -1.30. The van der Waals surface area contributed by atoms with Crippen LogP contribution in [0.4, 0.5) is 0 Å². The summed E-state index contributed by atoms with van der Waals surface area (Å²) < 4.78 is 5.65. The van der Waals surface area contributed by atoms with Crippen LogP contribution in [0.15, 0.2) is 42.1 Å². The van der Waals surface area contributed by atoms with Crippen molar-refractivity contribution in [2.24, 2.45) is 5.92 Å². The number of benzene rings is 1. The van der Waals surface area contributed by atoms with E-state index in [1.54, 1.807) is 0 Å². The molecule has 1 aromatic rings. The molecular weight excluding hydrogens is 208 g/mol. The Morgan fingerprint density at radius 2 is 1.94 bits per heavy atom. The predicted octanol–water partition coefficient (Wildman–Crippen LogP) is 4.31. The largest absolute Gasteiger partial charge is 0.374 e. The molecule has 17 heavy (non-hydrogen) atoms. The Balaban J connectivity index is 2.62. The van der Waals surface area contributed by atoms with E-state index in [4.69, 9.17) is 4.74 Å². The second-order valence-electron chi connectivity index (χ2n) is 4.51. The van der Waals surface area contributed by atoms with E-state index in [-0.39, 0.29) is 6.10 Å². The molecule has 0 fully saturated rings. The zero-order valence-corrected chi connectivity index (χ0v) is 11.0. The fourth-order valence-corrected chi connectivity index (χ4v) is 1.66. The topological polar surface area (TPSA) is 9.23 Å². The Morgan fingerprint density at radius 3 is 2.53 bits per heavy atom. The lowest BCUT2D eigenvalue weighted by Crippen LogP contribution is -2.12. The molecule has 0 heterocycles. The number of hydrogen-bond donors (Lipinski definition) is 0. The van der Waals surface area contributed by atoms with E-state index in [1.807, 2.05) is 37.3 Å². The van der Waals surface area contributed by atoms with Crippen LogP contribution in [0, 0.1) is 5.92 Å². The van der Waals surface area contributed by atoms with Gasteiger partial charge in [-0.05, 0) is 37.0 Å². The van der Waals surface area contributed by atoms with Crippen LogP contribution in [-0.4, -0.2) is 12.7 Å². The van der Waals surface area contributed by atoms with Gasteiger partial charge in [0, 0.05) is 6.61 Å². The van der Waals surface area contributed by atoms with Crippen molar-refractivity contribution in [3.8, 4) is 0 Å². The first-order valence-corrected chi connectivity index (χ1v) is 6.31. The first-order valence-electron chi connectivity index (χ1n) is 6.31. The minimum absolute atomic E-state index is 0.181. The van der Waals surface area contributed by atoms with Crippen LogP contribution in [0.5, 0.6) is 0 Å². The zero-order valence-electron chi connectivity index (χ0n) is 11.0. The third kappa shape index (κ3) is 6.11. The van der Waals surface area contributed by atoms with Crippen LogP contribution in [0.1, 0.15) is 32.8 Å². The Bertz CT molecular complexity index is 358. The standard InChI is InChI=1S/C16H22O/c1-4-17-16(13-14(2)3)12-8-11-15-9-6-5-7-10-15/h5-7,9-12,14,16H,4,13H2,1-3H3. The molecule has 0 aliphatic heterocycles. The van der Waals surface area contributed by atoms with E-state index in [9.17, 15) is 0 Å². The van der Waals surface area contributed by atoms with Crippen LogP contribution < -0.4 is 0 Å². The molecule has 1 unspecified atom stereocenters. The fourth-order valence-electron chi connectivity index (χ4n) is 1.66. The van der Waals surface area contributed by atoms with Gasteiger partial charge in [-0.2, -0.15) is 0 Å². The molecule has 0 aliphatic rings. The average Bonchev–Trinajstić information content (AvgIpc) is 2.30. The monoisotopic (exact) mass is 230 g/mol. The summed E-state index contributed by atoms with van der Waals surface area (Å²) >= 11 is 0. The van der Waals surface area contributed by atoms with Crippen molar-refractivity contribution >= 4 is 6.08 Å². The highest BCUT2D eigenvalue weighted by Crippen LogP contribution is 2.09. The lowest BCUT2D eigenvalue weighted by molar-refractivity contribution is 0.0815. The van der Waals surface area contributed by atoms with Gasteiger partial charge >= 0.3 is 0 Å². The first-order chi connectivity index (χ1) is 8.22. The average molecular weight is 230 g/mol. The molecule has 1 nitrogen and oxygen atoms in total. The van der Waals surface area contributed by atoms with Crippen LogP contribution in [0.3, 0.4) is 0 Å². The van der Waals surface area contributed by atoms with Crippen LogP contribution >= 0.6 is 0 Å². The third-order valence-corrected chi connectivity index (χ3v) is 2.42. The smallest absolute Gasteiger partial charge is 0.0831 e. The van der Waals surface area contributed by atoms with Crippen molar-refractivity contribution in [2.75, 3.05) is 6.61 Å². The van der Waals surface area contributed by atoms with Crippen molar-refractivity contribution in [1.29, 1.82) is 0 Å². The van der Waals surface area contributed by atoms with Gasteiger partial charge in [0.15, 0.2) is 0 Å². The van der Waals surface area contributed by atoms with Gasteiger partial charge in [-0.1, -0.05) is 44.2 Å². The molecule has 1 rings (SSSR count). The van der Waals surface area contributed by atoms with Gasteiger partial charge in [-0.3, -0.25) is 0 Å². The highest BCUT2D eigenvalue weighted by atomic mass is 16.5. The Kier molecular flexibility index (Phi) is 6.39. The fraction of sp³-hybridized carbons (Fsp3) is 0.438. The van der Waals surface area contributed by atoms with Gasteiger partial charge in [-0.15, -0.1) is 5.73 Å². The lowest BCUT2D eigenvalue weighted by Gasteiger charge is -2.13. The number of ether oxygens (including phenoxy) is 1. The maximum atomic E-state index is 5.65. The van der Waals surface area contributed by atoms with Gasteiger partial charge in [0.2, 0.25) is 0 Å². The van der Waals surface area contributed by atoms with Gasteiger partial charge in [-0.25, -0.2) is 0 Å². The van der Waals surface area contributed by atoms with E-state index in [1.165, 1.54) is 5.56 Å². The van der Waals surface area contributed by atoms with Crippen molar-refractivity contribution in [3.05, 3.63) is 47.7 Å². The maximum Gasteiger partial charge on any atom is 0.0831 e. The van der Waals surface area contributed by atoms with E-state index >= 15 is 0 Å². The molecule has 1 aromatic carbocycles. The molecule has 1 heteroatoms. The second-order valence-corrected chi connectivity index (χ2v) is 4.51. The van der Waals surface area contributed by atoms with E-state index < -0.39 is 0 Å². The van der Waals surface area contributed by atoms with E-state index in [0.717, 1.165) is 13.0 Å². The second kappa shape index (κ2) is 7.89. The van der Waals surface area contributed by atoms with Crippen molar-refractivity contribution in [1.82, 2.24) is 0 Å². The molecule has 0 spiro atoms. The highest BCUT2D eigenvalue weighted by Gasteiger charge is 2.05. The van der Waals surface area contributed by atoms with Crippen molar-refractivity contribution in [3.63, 3.8) is 0 Å². The number of hydrogen-bond acceptors (Lipinski definition) is 1. The molecule has 0 radical (unpaired) electrons. The molecule has 0 bridgehead atoms. The molecule has 0 aromatic heterocycles. The van der Waals surface area contributed by atoms with E-state index in [0.29, 0.717) is 5.92 Å². The summed E-state index contributed by atoms with van der Waals surface area (Å²) in [7, 11) is 0. The molecule has 0 saturated heterocycles. The molecular formula is C16H22O. The van der Waals surface area contributed by atoms with Gasteiger partial charge < -0.3 is 4.74 Å². The minimum Gasteiger partial charge on any atom is -0.374 e. The van der Waals surface area contributed by atoms with Crippen molar-refractivity contribution < 1.29 is 4.74 Å². The zero-order chi connectivity index (χ0) is 12.5. The Morgan fingerprint density at radius 1 is 1.24 bits per heavy atom. The quantitative estimate of drug-likeness (QED) is 0.662. The summed E-state index contributed by atoms with van der Waals surface area (Å²) in [5.41, 5.74) is 4.39. The van der Waals surface area contributed by atoms with Crippen LogP contribution in [0.25, 0.3) is 6.08 Å². The van der Waals surface area contributed by atoms with Crippen LogP contribution in [-0.2, 0) is 4.74 Å². The molecule has 0 N–H and O–H groups in total. The summed E-state index contributed by atoms with van der Waals surface area (Å²) in [6.07, 6.45) is 5.24. The maximum absolute atomic E-state index is 5.65. The minimum atomic E-state index is 0.181. The van der Waals surface area contributed by atoms with Gasteiger partial charge in [0.1, 0.15) is 0 Å². The normalized spacial score (nSPS) is 12.0. The van der Waals surface area contributed by atoms with Crippen molar-refractivity contribution in [2.45, 2.75) is 33.3 Å². The van der Waals surface area contributed by atoms with Gasteiger partial charge in [0.05, 0.1) is 6.10 Å². The predicted molar refractivity (Wildman–Crippen MR) is 73.9 cm³/mol. The number of rotatable bonds is 6. The highest BCUT2D eigenvalue weighted by molar-refractivity contribution is 5.48. The molecule has 92 valence electrons. The summed E-state index contributed by atoms with van der Waals surface area (Å²) in [6.45, 7) is 7.20. The summed E-state index contributed by atoms with van der Waals surface area (Å²) in [5.74, 6) is 0.640. The lowest BCUT2D eigenvalue weighted by atomic mass is 10.1. The third-order valence-electron chi connectivity index (χ3n) is 2.42. The summed E-state index contributed by atoms with van der Waals surface area (Å²) in [4.78, 5) is 0. The first kappa shape index (κ1) is 13.8. The molecule has 0 saturated carbocycles. The SMILES string of the molecule is CCOC(C=C=Cc1ccccc1)CC(C)C.